The molecular weight excluding hydrogens is 410 g/mol. The number of rotatable bonds is 4. The van der Waals surface area contributed by atoms with Crippen LogP contribution in [0.25, 0.3) is 10.6 Å². The van der Waals surface area contributed by atoms with Crippen molar-refractivity contribution in [2.75, 3.05) is 7.05 Å². The molecule has 1 saturated heterocycles. The molecule has 0 aliphatic carbocycles. The smallest absolute Gasteiger partial charge is 0.423 e. The standard InChI is InChI=1S/C17H14F6N2O2S/c1-25-12(14(26)27-15(25,16(18,19)20)17(21,22)23)8-7-11-9-28-13(24-11)10-5-3-2-4-6-10/h2-6,9,12H,7-8H2,1H3/t12-/m0/s1. The number of hydrogen-bond acceptors (Lipinski definition) is 5. The molecule has 0 unspecified atom stereocenters. The molecule has 0 amide bonds. The van der Waals surface area contributed by atoms with E-state index in [9.17, 15) is 31.1 Å². The predicted octanol–water partition coefficient (Wildman–Crippen LogP) is 4.42. The van der Waals surface area contributed by atoms with Crippen molar-refractivity contribution >= 4 is 17.3 Å². The van der Waals surface area contributed by atoms with Crippen molar-refractivity contribution in [2.24, 2.45) is 0 Å². The zero-order valence-electron chi connectivity index (χ0n) is 14.3. The molecule has 0 N–H and O–H groups in total. The van der Waals surface area contributed by atoms with Gasteiger partial charge in [0, 0.05) is 10.9 Å². The van der Waals surface area contributed by atoms with Crippen LogP contribution >= 0.6 is 11.3 Å². The second kappa shape index (κ2) is 7.03. The number of ether oxygens (including phenoxy) is 1. The summed E-state index contributed by atoms with van der Waals surface area (Å²) in [4.78, 5) is 16.1. The Morgan fingerprint density at radius 1 is 1.14 bits per heavy atom. The molecule has 1 aromatic carbocycles. The van der Waals surface area contributed by atoms with E-state index in [1.807, 2.05) is 30.3 Å². The summed E-state index contributed by atoms with van der Waals surface area (Å²) in [6.45, 7) is 0. The molecule has 2 aromatic rings. The number of alkyl halides is 6. The summed E-state index contributed by atoms with van der Waals surface area (Å²) in [5.41, 5.74) is -3.33. The van der Waals surface area contributed by atoms with Crippen LogP contribution in [0, 0.1) is 0 Å². The molecular formula is C17H14F6N2O2S. The lowest BCUT2D eigenvalue weighted by Crippen LogP contribution is -2.65. The van der Waals surface area contributed by atoms with E-state index in [2.05, 4.69) is 9.72 Å². The van der Waals surface area contributed by atoms with Crippen LogP contribution in [0.1, 0.15) is 12.1 Å². The summed E-state index contributed by atoms with van der Waals surface area (Å²) < 4.78 is 83.2. The van der Waals surface area contributed by atoms with Crippen LogP contribution in [0.5, 0.6) is 0 Å². The number of cyclic esters (lactones) is 1. The minimum Gasteiger partial charge on any atom is -0.423 e. The van der Waals surface area contributed by atoms with Gasteiger partial charge in [0.15, 0.2) is 0 Å². The summed E-state index contributed by atoms with van der Waals surface area (Å²) in [6.07, 6.45) is -11.9. The Morgan fingerprint density at radius 3 is 2.29 bits per heavy atom. The molecule has 1 aliphatic heterocycles. The highest BCUT2D eigenvalue weighted by Gasteiger charge is 2.80. The molecule has 1 atom stereocenters. The molecule has 1 aliphatic rings. The van der Waals surface area contributed by atoms with Crippen molar-refractivity contribution in [2.45, 2.75) is 37.0 Å². The van der Waals surface area contributed by atoms with Gasteiger partial charge in [-0.05, 0) is 19.9 Å². The third-order valence-corrected chi connectivity index (χ3v) is 5.44. The monoisotopic (exact) mass is 424 g/mol. The Hall–Kier alpha value is -2.14. The second-order valence-corrected chi connectivity index (χ2v) is 7.09. The Morgan fingerprint density at radius 2 is 1.75 bits per heavy atom. The van der Waals surface area contributed by atoms with E-state index >= 15 is 0 Å². The maximum absolute atomic E-state index is 13.2. The number of esters is 1. The van der Waals surface area contributed by atoms with Gasteiger partial charge in [-0.1, -0.05) is 30.3 Å². The molecule has 3 rings (SSSR count). The van der Waals surface area contributed by atoms with E-state index in [0.717, 1.165) is 5.56 Å². The van der Waals surface area contributed by atoms with Gasteiger partial charge in [0.25, 0.3) is 0 Å². The quantitative estimate of drug-likeness (QED) is 0.538. The molecule has 1 fully saturated rings. The fourth-order valence-corrected chi connectivity index (χ4v) is 3.93. The molecule has 28 heavy (non-hydrogen) atoms. The first-order valence-electron chi connectivity index (χ1n) is 8.06. The van der Waals surface area contributed by atoms with Crippen molar-refractivity contribution in [3.8, 4) is 10.6 Å². The lowest BCUT2D eigenvalue weighted by Gasteiger charge is -2.37. The first-order valence-corrected chi connectivity index (χ1v) is 8.94. The fourth-order valence-electron chi connectivity index (χ4n) is 3.07. The van der Waals surface area contributed by atoms with Crippen LogP contribution in [0.3, 0.4) is 0 Å². The highest BCUT2D eigenvalue weighted by molar-refractivity contribution is 7.13. The largest absolute Gasteiger partial charge is 0.453 e. The molecule has 0 saturated carbocycles. The molecule has 11 heteroatoms. The number of halogens is 6. The zero-order chi connectivity index (χ0) is 20.7. The zero-order valence-corrected chi connectivity index (χ0v) is 15.2. The molecule has 1 aromatic heterocycles. The number of thiazole rings is 1. The Balaban J connectivity index is 1.77. The van der Waals surface area contributed by atoms with Crippen LogP contribution in [0.4, 0.5) is 26.3 Å². The summed E-state index contributed by atoms with van der Waals surface area (Å²) in [5, 5.41) is 2.32. The average molecular weight is 424 g/mol. The maximum atomic E-state index is 13.2. The molecule has 0 spiro atoms. The second-order valence-electron chi connectivity index (χ2n) is 6.24. The van der Waals surface area contributed by atoms with Gasteiger partial charge in [0.1, 0.15) is 11.0 Å². The number of aryl methyl sites for hydroxylation is 1. The van der Waals surface area contributed by atoms with Gasteiger partial charge in [0.2, 0.25) is 0 Å². The van der Waals surface area contributed by atoms with E-state index in [1.54, 1.807) is 5.38 Å². The van der Waals surface area contributed by atoms with Gasteiger partial charge >= 0.3 is 24.0 Å². The van der Waals surface area contributed by atoms with Gasteiger partial charge in [-0.25, -0.2) is 9.88 Å². The minimum atomic E-state index is -5.83. The Labute approximate surface area is 159 Å². The highest BCUT2D eigenvalue weighted by atomic mass is 32.1. The first-order chi connectivity index (χ1) is 13.0. The summed E-state index contributed by atoms with van der Waals surface area (Å²) >= 11 is 1.29. The van der Waals surface area contributed by atoms with Crippen LogP contribution in [-0.4, -0.2) is 47.0 Å². The van der Waals surface area contributed by atoms with Crippen molar-refractivity contribution in [3.63, 3.8) is 0 Å². The summed E-state index contributed by atoms with van der Waals surface area (Å²) in [5.74, 6) is -1.56. The Kier molecular flexibility index (Phi) is 5.17. The first kappa shape index (κ1) is 20.6. The number of benzene rings is 1. The van der Waals surface area contributed by atoms with Crippen molar-refractivity contribution in [1.82, 2.24) is 9.88 Å². The number of carbonyl (C=O) groups excluding carboxylic acids is 1. The third kappa shape index (κ3) is 3.37. The van der Waals surface area contributed by atoms with Crippen molar-refractivity contribution < 1.29 is 35.9 Å². The fraction of sp³-hybridized carbons (Fsp3) is 0.412. The van der Waals surface area contributed by atoms with Gasteiger partial charge in [-0.3, -0.25) is 4.79 Å². The number of carbonyl (C=O) groups is 1. The lowest BCUT2D eigenvalue weighted by atomic mass is 10.1. The normalized spacial score (nSPS) is 20.4. The molecule has 2 heterocycles. The van der Waals surface area contributed by atoms with Crippen LogP contribution in [0.2, 0.25) is 0 Å². The molecule has 152 valence electrons. The van der Waals surface area contributed by atoms with E-state index in [1.165, 1.54) is 11.3 Å². The van der Waals surface area contributed by atoms with E-state index < -0.39 is 30.1 Å². The highest BCUT2D eigenvalue weighted by Crippen LogP contribution is 2.51. The van der Waals surface area contributed by atoms with E-state index in [0.29, 0.717) is 17.7 Å². The summed E-state index contributed by atoms with van der Waals surface area (Å²) in [7, 11) is 0.590. The van der Waals surface area contributed by atoms with E-state index in [4.69, 9.17) is 0 Å². The van der Waals surface area contributed by atoms with Crippen molar-refractivity contribution in [1.29, 1.82) is 0 Å². The number of aromatic nitrogens is 1. The maximum Gasteiger partial charge on any atom is 0.453 e. The molecule has 0 bridgehead atoms. The predicted molar refractivity (Wildman–Crippen MR) is 88.4 cm³/mol. The average Bonchev–Trinajstić information content (AvgIpc) is 3.16. The van der Waals surface area contributed by atoms with Gasteiger partial charge in [-0.2, -0.15) is 26.3 Å². The number of likely N-dealkylation sites (N-methyl/N-ethyl adjacent to an activating group) is 1. The number of hydrogen-bond donors (Lipinski definition) is 0. The Bertz CT molecular complexity index is 835. The van der Waals surface area contributed by atoms with Crippen LogP contribution in [-0.2, 0) is 16.0 Å². The van der Waals surface area contributed by atoms with Gasteiger partial charge in [-0.15, -0.1) is 11.3 Å². The lowest BCUT2D eigenvalue weighted by molar-refractivity contribution is -0.398. The topological polar surface area (TPSA) is 42.4 Å². The van der Waals surface area contributed by atoms with Crippen molar-refractivity contribution in [3.05, 3.63) is 41.4 Å². The van der Waals surface area contributed by atoms with E-state index in [-0.39, 0.29) is 17.7 Å². The molecule has 4 nitrogen and oxygen atoms in total. The third-order valence-electron chi connectivity index (χ3n) is 4.50. The summed E-state index contributed by atoms with van der Waals surface area (Å²) in [6, 6.07) is 7.41. The molecule has 0 radical (unpaired) electrons. The number of nitrogens with zero attached hydrogens (tertiary/aromatic N) is 2. The van der Waals surface area contributed by atoms with Crippen LogP contribution < -0.4 is 0 Å². The van der Waals surface area contributed by atoms with Crippen LogP contribution in [0.15, 0.2) is 35.7 Å². The SMILES string of the molecule is CN1[C@@H](CCc2csc(-c3ccccc3)n2)C(=O)OC1(C(F)(F)F)C(F)(F)F. The van der Waals surface area contributed by atoms with Gasteiger partial charge in [0.05, 0.1) is 5.69 Å². The van der Waals surface area contributed by atoms with Gasteiger partial charge < -0.3 is 4.74 Å². The minimum absolute atomic E-state index is 0.0270.